The molecule has 0 N–H and O–H groups in total. The molecule has 1 aliphatic rings. The number of hydrogen-bond acceptors (Lipinski definition) is 5. The van der Waals surface area contributed by atoms with Crippen molar-refractivity contribution in [3.8, 4) is 11.3 Å². The zero-order valence-electron chi connectivity index (χ0n) is 16.0. The minimum atomic E-state index is -0.307. The maximum absolute atomic E-state index is 14.5. The molecule has 0 saturated heterocycles. The van der Waals surface area contributed by atoms with Crippen LogP contribution in [-0.2, 0) is 13.6 Å². The first-order chi connectivity index (χ1) is 13.5. The van der Waals surface area contributed by atoms with Crippen molar-refractivity contribution >= 4 is 11.3 Å². The van der Waals surface area contributed by atoms with Crippen LogP contribution in [0.4, 0.5) is 10.2 Å². The summed E-state index contributed by atoms with van der Waals surface area (Å²) >= 11 is 0. The highest BCUT2D eigenvalue weighted by atomic mass is 19.1. The van der Waals surface area contributed by atoms with E-state index in [1.165, 1.54) is 23.7 Å². The van der Waals surface area contributed by atoms with Crippen LogP contribution in [0.1, 0.15) is 29.9 Å². The molecule has 0 aliphatic carbocycles. The second-order valence-electron chi connectivity index (χ2n) is 7.28. The van der Waals surface area contributed by atoms with Gasteiger partial charge in [-0.15, -0.1) is 0 Å². The maximum atomic E-state index is 14.5. The molecule has 1 unspecified atom stereocenters. The number of aromatic nitrogens is 6. The van der Waals surface area contributed by atoms with E-state index in [0.29, 0.717) is 29.5 Å². The van der Waals surface area contributed by atoms with E-state index >= 15 is 0 Å². The van der Waals surface area contributed by atoms with Gasteiger partial charge in [0.25, 0.3) is 0 Å². The lowest BCUT2D eigenvalue weighted by molar-refractivity contribution is 0.596. The quantitative estimate of drug-likeness (QED) is 0.537. The van der Waals surface area contributed by atoms with E-state index < -0.39 is 0 Å². The molecule has 0 saturated carbocycles. The summed E-state index contributed by atoms with van der Waals surface area (Å²) in [6, 6.07) is 6.68. The lowest BCUT2D eigenvalue weighted by Crippen LogP contribution is -2.34. The summed E-state index contributed by atoms with van der Waals surface area (Å²) in [4.78, 5) is 11.4. The third-order valence-electron chi connectivity index (χ3n) is 5.46. The van der Waals surface area contributed by atoms with E-state index in [2.05, 4.69) is 32.0 Å². The molecule has 0 radical (unpaired) electrons. The van der Waals surface area contributed by atoms with Gasteiger partial charge in [0.1, 0.15) is 29.2 Å². The van der Waals surface area contributed by atoms with Crippen molar-refractivity contribution in [1.29, 1.82) is 0 Å². The van der Waals surface area contributed by atoms with E-state index in [-0.39, 0.29) is 5.82 Å². The van der Waals surface area contributed by atoms with Crippen molar-refractivity contribution in [2.45, 2.75) is 26.3 Å². The fourth-order valence-corrected chi connectivity index (χ4v) is 4.05. The number of anilines is 1. The zero-order chi connectivity index (χ0) is 19.4. The number of nitrogens with zero attached hydrogens (tertiary/aromatic N) is 7. The number of imidazole rings is 1. The van der Waals surface area contributed by atoms with Crippen molar-refractivity contribution in [2.75, 3.05) is 11.4 Å². The van der Waals surface area contributed by atoms with E-state index in [9.17, 15) is 4.39 Å². The molecule has 4 heterocycles. The van der Waals surface area contributed by atoms with E-state index in [4.69, 9.17) is 0 Å². The van der Waals surface area contributed by atoms with Crippen LogP contribution in [0.3, 0.4) is 0 Å². The van der Waals surface area contributed by atoms with Crippen LogP contribution >= 0.6 is 0 Å². The third-order valence-corrected chi connectivity index (χ3v) is 5.46. The predicted molar refractivity (Wildman–Crippen MR) is 104 cm³/mol. The van der Waals surface area contributed by atoms with Crippen molar-refractivity contribution in [3.05, 3.63) is 59.7 Å². The predicted octanol–water partition coefficient (Wildman–Crippen LogP) is 3.10. The van der Waals surface area contributed by atoms with Crippen LogP contribution < -0.4 is 4.90 Å². The summed E-state index contributed by atoms with van der Waals surface area (Å²) in [5.41, 5.74) is 4.18. The van der Waals surface area contributed by atoms with E-state index in [1.807, 2.05) is 30.9 Å². The Hall–Kier alpha value is -3.29. The highest BCUT2D eigenvalue weighted by molar-refractivity contribution is 5.86. The Balaban J connectivity index is 1.71. The van der Waals surface area contributed by atoms with Gasteiger partial charge in [-0.1, -0.05) is 19.1 Å². The van der Waals surface area contributed by atoms with Gasteiger partial charge in [-0.3, -0.25) is 4.68 Å². The highest BCUT2D eigenvalue weighted by Crippen LogP contribution is 2.35. The molecule has 3 aromatic heterocycles. The summed E-state index contributed by atoms with van der Waals surface area (Å²) in [5, 5.41) is 8.77. The summed E-state index contributed by atoms with van der Waals surface area (Å²) in [6.45, 7) is 5.53. The Morgan fingerprint density at radius 3 is 2.82 bits per heavy atom. The minimum absolute atomic E-state index is 0.307. The molecule has 1 atom stereocenters. The molecule has 0 amide bonds. The van der Waals surface area contributed by atoms with Gasteiger partial charge in [-0.2, -0.15) is 10.2 Å². The Labute approximate surface area is 161 Å². The number of halogens is 1. The van der Waals surface area contributed by atoms with Gasteiger partial charge in [0.15, 0.2) is 5.82 Å². The first-order valence-corrected chi connectivity index (χ1v) is 9.25. The second-order valence-corrected chi connectivity index (χ2v) is 7.28. The van der Waals surface area contributed by atoms with Crippen LogP contribution in [0.2, 0.25) is 0 Å². The van der Waals surface area contributed by atoms with Gasteiger partial charge in [0, 0.05) is 25.1 Å². The molecule has 28 heavy (non-hydrogen) atoms. The standard InChI is InChI=1S/C20H20FN7/c1-12-9-27(10-17-15(12)8-23-26(17)3)20-19-18(14-6-4-5-7-16(14)21)25-13(2)28(19)24-11-22-20/h4-8,11-12H,9-10H2,1-3H3. The van der Waals surface area contributed by atoms with Gasteiger partial charge in [0.2, 0.25) is 0 Å². The maximum Gasteiger partial charge on any atom is 0.159 e. The molecular formula is C20H20FN7. The molecule has 142 valence electrons. The largest absolute Gasteiger partial charge is 0.348 e. The Morgan fingerprint density at radius 1 is 1.18 bits per heavy atom. The summed E-state index contributed by atoms with van der Waals surface area (Å²) in [6.07, 6.45) is 3.48. The average molecular weight is 377 g/mol. The van der Waals surface area contributed by atoms with Gasteiger partial charge in [0.05, 0.1) is 18.4 Å². The average Bonchev–Trinajstić information content (AvgIpc) is 3.23. The molecule has 8 heteroatoms. The van der Waals surface area contributed by atoms with Crippen molar-refractivity contribution < 1.29 is 4.39 Å². The highest BCUT2D eigenvalue weighted by Gasteiger charge is 2.29. The van der Waals surface area contributed by atoms with Crippen LogP contribution in [0.15, 0.2) is 36.8 Å². The number of hydrogen-bond donors (Lipinski definition) is 0. The van der Waals surface area contributed by atoms with Gasteiger partial charge < -0.3 is 4.90 Å². The number of rotatable bonds is 2. The molecular weight excluding hydrogens is 357 g/mol. The van der Waals surface area contributed by atoms with Crippen LogP contribution in [0.25, 0.3) is 16.8 Å². The molecule has 0 spiro atoms. The molecule has 4 aromatic rings. The smallest absolute Gasteiger partial charge is 0.159 e. The first-order valence-electron chi connectivity index (χ1n) is 9.25. The fraction of sp³-hybridized carbons (Fsp3) is 0.300. The van der Waals surface area contributed by atoms with Crippen molar-refractivity contribution in [1.82, 2.24) is 29.4 Å². The number of aryl methyl sites for hydroxylation is 2. The normalized spacial score (nSPS) is 16.6. The zero-order valence-corrected chi connectivity index (χ0v) is 16.0. The lowest BCUT2D eigenvalue weighted by atomic mass is 9.96. The van der Waals surface area contributed by atoms with Crippen molar-refractivity contribution in [2.24, 2.45) is 7.05 Å². The number of fused-ring (bicyclic) bond motifs is 2. The van der Waals surface area contributed by atoms with Gasteiger partial charge in [-0.05, 0) is 24.6 Å². The monoisotopic (exact) mass is 377 g/mol. The summed E-state index contributed by atoms with van der Waals surface area (Å²) in [7, 11) is 1.96. The number of benzene rings is 1. The fourth-order valence-electron chi connectivity index (χ4n) is 4.05. The summed E-state index contributed by atoms with van der Waals surface area (Å²) < 4.78 is 18.2. The van der Waals surface area contributed by atoms with Gasteiger partial charge in [-0.25, -0.2) is 18.9 Å². The Morgan fingerprint density at radius 2 is 2.00 bits per heavy atom. The topological polar surface area (TPSA) is 64.1 Å². The Kier molecular flexibility index (Phi) is 3.68. The first kappa shape index (κ1) is 16.9. The molecule has 1 aliphatic heterocycles. The lowest BCUT2D eigenvalue weighted by Gasteiger charge is -2.32. The Bertz CT molecular complexity index is 1190. The van der Waals surface area contributed by atoms with Crippen LogP contribution in [0, 0.1) is 12.7 Å². The molecule has 5 rings (SSSR count). The molecule has 0 fully saturated rings. The van der Waals surface area contributed by atoms with E-state index in [1.54, 1.807) is 16.6 Å². The third kappa shape index (κ3) is 2.41. The van der Waals surface area contributed by atoms with Crippen LogP contribution in [-0.4, -0.2) is 35.9 Å². The van der Waals surface area contributed by atoms with Gasteiger partial charge >= 0.3 is 0 Å². The molecule has 0 bridgehead atoms. The van der Waals surface area contributed by atoms with Crippen molar-refractivity contribution in [3.63, 3.8) is 0 Å². The summed E-state index contributed by atoms with van der Waals surface area (Å²) in [5.74, 6) is 1.46. The minimum Gasteiger partial charge on any atom is -0.348 e. The SMILES string of the molecule is Cc1nc(-c2ccccc2F)c2c(N3Cc4c(cnn4C)C(C)C3)ncnn12. The molecule has 1 aromatic carbocycles. The van der Waals surface area contributed by atoms with E-state index in [0.717, 1.165) is 17.9 Å². The second kappa shape index (κ2) is 6.12. The molecule has 7 nitrogen and oxygen atoms in total. The van der Waals surface area contributed by atoms with Crippen LogP contribution in [0.5, 0.6) is 0 Å².